The third kappa shape index (κ3) is 2.84. The van der Waals surface area contributed by atoms with Crippen molar-refractivity contribution in [2.75, 3.05) is 12.4 Å². The van der Waals surface area contributed by atoms with Crippen LogP contribution in [-0.4, -0.2) is 23.0 Å². The van der Waals surface area contributed by atoms with Crippen molar-refractivity contribution >= 4 is 23.1 Å². The molecule has 0 aromatic carbocycles. The molecule has 0 unspecified atom stereocenters. The van der Waals surface area contributed by atoms with Crippen LogP contribution in [0.2, 0.25) is 0 Å². The number of carbonyl (C=O) groups excluding carboxylic acids is 1. The highest BCUT2D eigenvalue weighted by atomic mass is 32.1. The van der Waals surface area contributed by atoms with Gasteiger partial charge in [0, 0.05) is 12.7 Å². The molecule has 0 spiro atoms. The number of nitrogens with one attached hydrogen (secondary N) is 1. The van der Waals surface area contributed by atoms with Gasteiger partial charge in [-0.25, -0.2) is 14.8 Å². The summed E-state index contributed by atoms with van der Waals surface area (Å²) in [6.45, 7) is 2.74. The van der Waals surface area contributed by atoms with Crippen LogP contribution < -0.4 is 5.32 Å². The van der Waals surface area contributed by atoms with Gasteiger partial charge in [-0.2, -0.15) is 11.3 Å². The molecule has 1 N–H and O–H groups in total. The molecular formula is C12H13N3O2S. The van der Waals surface area contributed by atoms with Crippen LogP contribution in [-0.2, 0) is 11.3 Å². The summed E-state index contributed by atoms with van der Waals surface area (Å²) < 4.78 is 4.57. The molecule has 2 aromatic rings. The van der Waals surface area contributed by atoms with Gasteiger partial charge in [0.25, 0.3) is 0 Å². The first-order valence-electron chi connectivity index (χ1n) is 5.37. The molecule has 18 heavy (non-hydrogen) atoms. The predicted molar refractivity (Wildman–Crippen MR) is 69.8 cm³/mol. The lowest BCUT2D eigenvalue weighted by Gasteiger charge is -2.06. The number of methoxy groups -OCH3 is 1. The third-order valence-electron chi connectivity index (χ3n) is 2.45. The van der Waals surface area contributed by atoms with E-state index in [1.807, 2.05) is 0 Å². The maximum Gasteiger partial charge on any atom is 0.376 e. The summed E-state index contributed by atoms with van der Waals surface area (Å²) in [6.07, 6.45) is 1.53. The van der Waals surface area contributed by atoms with E-state index in [-0.39, 0.29) is 5.82 Å². The lowest BCUT2D eigenvalue weighted by molar-refractivity contribution is 0.0587. The van der Waals surface area contributed by atoms with Gasteiger partial charge >= 0.3 is 5.97 Å². The number of hydrogen-bond acceptors (Lipinski definition) is 6. The van der Waals surface area contributed by atoms with Gasteiger partial charge in [0.05, 0.1) is 7.11 Å². The van der Waals surface area contributed by atoms with Gasteiger partial charge in [-0.05, 0) is 34.9 Å². The highest BCUT2D eigenvalue weighted by Crippen LogP contribution is 2.15. The molecule has 6 heteroatoms. The maximum absolute atomic E-state index is 11.3. The molecule has 0 aliphatic carbocycles. The number of rotatable bonds is 4. The van der Waals surface area contributed by atoms with E-state index < -0.39 is 5.97 Å². The first-order chi connectivity index (χ1) is 8.70. The molecule has 0 saturated carbocycles. The predicted octanol–water partition coefficient (Wildman–Crippen LogP) is 2.25. The second kappa shape index (κ2) is 5.59. The van der Waals surface area contributed by atoms with Crippen molar-refractivity contribution in [2.24, 2.45) is 0 Å². The summed E-state index contributed by atoms with van der Waals surface area (Å²) >= 11 is 1.67. The molecule has 94 valence electrons. The molecule has 0 saturated heterocycles. The van der Waals surface area contributed by atoms with Crippen LogP contribution in [0.25, 0.3) is 0 Å². The van der Waals surface area contributed by atoms with Crippen LogP contribution in [0.1, 0.15) is 21.7 Å². The number of thiophene rings is 1. The van der Waals surface area contributed by atoms with Gasteiger partial charge in [0.2, 0.25) is 5.82 Å². The third-order valence-corrected chi connectivity index (χ3v) is 3.36. The number of aryl methyl sites for hydroxylation is 1. The summed E-state index contributed by atoms with van der Waals surface area (Å²) in [6, 6.07) is 1.72. The molecule has 2 aromatic heterocycles. The van der Waals surface area contributed by atoms with Crippen LogP contribution >= 0.6 is 11.3 Å². The minimum Gasteiger partial charge on any atom is -0.463 e. The van der Waals surface area contributed by atoms with E-state index in [1.165, 1.54) is 24.4 Å². The Morgan fingerprint density at radius 1 is 1.50 bits per heavy atom. The van der Waals surface area contributed by atoms with Crippen LogP contribution in [0, 0.1) is 6.92 Å². The summed E-state index contributed by atoms with van der Waals surface area (Å²) in [7, 11) is 1.31. The van der Waals surface area contributed by atoms with Gasteiger partial charge in [-0.3, -0.25) is 0 Å². The van der Waals surface area contributed by atoms with E-state index in [4.69, 9.17) is 0 Å². The Morgan fingerprint density at radius 2 is 2.33 bits per heavy atom. The average Bonchev–Trinajstić information content (AvgIpc) is 2.81. The van der Waals surface area contributed by atoms with Crippen molar-refractivity contribution in [3.05, 3.63) is 40.0 Å². The molecule has 0 aliphatic heterocycles. The van der Waals surface area contributed by atoms with E-state index in [0.29, 0.717) is 12.4 Å². The Morgan fingerprint density at radius 3 is 3.00 bits per heavy atom. The number of esters is 1. The van der Waals surface area contributed by atoms with Gasteiger partial charge in [-0.1, -0.05) is 0 Å². The van der Waals surface area contributed by atoms with E-state index in [0.717, 1.165) is 0 Å². The summed E-state index contributed by atoms with van der Waals surface area (Å²) in [5, 5.41) is 7.34. The zero-order chi connectivity index (χ0) is 13.0. The normalized spacial score (nSPS) is 10.1. The number of carbonyl (C=O) groups is 1. The van der Waals surface area contributed by atoms with Gasteiger partial charge in [-0.15, -0.1) is 0 Å². The Kier molecular flexibility index (Phi) is 3.88. The average molecular weight is 263 g/mol. The Hall–Kier alpha value is -1.95. The van der Waals surface area contributed by atoms with Crippen molar-refractivity contribution in [3.8, 4) is 0 Å². The monoisotopic (exact) mass is 263 g/mol. The summed E-state index contributed by atoms with van der Waals surface area (Å²) in [5.41, 5.74) is 2.47. The quantitative estimate of drug-likeness (QED) is 0.857. The van der Waals surface area contributed by atoms with Crippen molar-refractivity contribution in [2.45, 2.75) is 13.5 Å². The largest absolute Gasteiger partial charge is 0.463 e. The zero-order valence-corrected chi connectivity index (χ0v) is 11.0. The molecule has 2 heterocycles. The van der Waals surface area contributed by atoms with Crippen molar-refractivity contribution < 1.29 is 9.53 Å². The molecule has 0 radical (unpaired) electrons. The topological polar surface area (TPSA) is 64.1 Å². The summed E-state index contributed by atoms with van der Waals surface area (Å²) in [4.78, 5) is 19.2. The Balaban J connectivity index is 2.06. The first kappa shape index (κ1) is 12.5. The fourth-order valence-corrected chi connectivity index (χ4v) is 2.26. The number of hydrogen-bond donors (Lipinski definition) is 1. The number of anilines is 1. The fourth-order valence-electron chi connectivity index (χ4n) is 1.40. The van der Waals surface area contributed by atoms with E-state index in [9.17, 15) is 4.79 Å². The number of nitrogens with zero attached hydrogens (tertiary/aromatic N) is 2. The minimum absolute atomic E-state index is 0.0598. The second-order valence-corrected chi connectivity index (χ2v) is 4.43. The fraction of sp³-hybridized carbons (Fsp3) is 0.250. The van der Waals surface area contributed by atoms with Gasteiger partial charge in [0.15, 0.2) is 0 Å². The van der Waals surface area contributed by atoms with E-state index in [1.54, 1.807) is 17.4 Å². The molecular weight excluding hydrogens is 250 g/mol. The second-order valence-electron chi connectivity index (χ2n) is 3.69. The minimum atomic E-state index is -0.537. The van der Waals surface area contributed by atoms with Crippen molar-refractivity contribution in [1.29, 1.82) is 0 Å². The van der Waals surface area contributed by atoms with E-state index in [2.05, 4.69) is 37.7 Å². The smallest absolute Gasteiger partial charge is 0.376 e. The first-order valence-corrected chi connectivity index (χ1v) is 6.32. The molecule has 2 rings (SSSR count). The number of aromatic nitrogens is 2. The standard InChI is InChI=1S/C12H13N3O2S/c1-8-6-18-7-9(8)5-14-10-3-4-13-11(15-10)12(16)17-2/h3-4,6-7H,5H2,1-2H3,(H,13,14,15). The molecule has 0 bridgehead atoms. The highest BCUT2D eigenvalue weighted by Gasteiger charge is 2.09. The lowest BCUT2D eigenvalue weighted by atomic mass is 10.2. The SMILES string of the molecule is COC(=O)c1nccc(NCc2cscc2C)n1. The van der Waals surface area contributed by atoms with Crippen LogP contribution in [0.5, 0.6) is 0 Å². The maximum atomic E-state index is 11.3. The molecule has 0 atom stereocenters. The molecule has 0 aliphatic rings. The Labute approximate surface area is 109 Å². The molecule has 5 nitrogen and oxygen atoms in total. The summed E-state index contributed by atoms with van der Waals surface area (Å²) in [5.74, 6) is 0.130. The zero-order valence-electron chi connectivity index (χ0n) is 10.1. The lowest BCUT2D eigenvalue weighted by Crippen LogP contribution is -2.09. The van der Waals surface area contributed by atoms with E-state index >= 15 is 0 Å². The van der Waals surface area contributed by atoms with Crippen molar-refractivity contribution in [1.82, 2.24) is 9.97 Å². The van der Waals surface area contributed by atoms with Gasteiger partial charge < -0.3 is 10.1 Å². The highest BCUT2D eigenvalue weighted by molar-refractivity contribution is 7.08. The molecule has 0 amide bonds. The number of ether oxygens (including phenoxy) is 1. The van der Waals surface area contributed by atoms with Gasteiger partial charge in [0.1, 0.15) is 5.82 Å². The Bertz CT molecular complexity index is 554. The molecule has 0 fully saturated rings. The van der Waals surface area contributed by atoms with Crippen molar-refractivity contribution in [3.63, 3.8) is 0 Å². The van der Waals surface area contributed by atoms with Crippen LogP contribution in [0.3, 0.4) is 0 Å². The van der Waals surface area contributed by atoms with Crippen LogP contribution in [0.4, 0.5) is 5.82 Å². The van der Waals surface area contributed by atoms with Crippen LogP contribution in [0.15, 0.2) is 23.0 Å².